The van der Waals surface area contributed by atoms with E-state index in [0.717, 1.165) is 0 Å². The van der Waals surface area contributed by atoms with Crippen molar-refractivity contribution < 1.29 is 4.79 Å². The monoisotopic (exact) mass is 238 g/mol. The third kappa shape index (κ3) is 4.15. The molecule has 0 aliphatic heterocycles. The van der Waals surface area contributed by atoms with Crippen molar-refractivity contribution in [3.05, 3.63) is 17.0 Å². The van der Waals surface area contributed by atoms with Crippen LogP contribution in [0.4, 0.5) is 5.82 Å². The number of aromatic nitrogens is 2. The van der Waals surface area contributed by atoms with E-state index in [1.807, 2.05) is 0 Å². The zero-order valence-corrected chi connectivity index (χ0v) is 9.51. The highest BCUT2D eigenvalue weighted by molar-refractivity contribution is 6.29. The Hall–Kier alpha value is -1.80. The Kier molecular flexibility index (Phi) is 4.55. The molecular weight excluding hydrogens is 228 g/mol. The number of carbonyl (C=O) groups is 1. The molecule has 1 heterocycles. The van der Waals surface area contributed by atoms with Gasteiger partial charge in [0.2, 0.25) is 5.91 Å². The number of amides is 1. The summed E-state index contributed by atoms with van der Waals surface area (Å²) in [5.41, 5.74) is 5.95. The van der Waals surface area contributed by atoms with Crippen molar-refractivity contribution in [2.24, 2.45) is 0 Å². The molecule has 0 spiro atoms. The quantitative estimate of drug-likeness (QED) is 0.584. The van der Waals surface area contributed by atoms with Crippen molar-refractivity contribution in [2.75, 3.05) is 12.3 Å². The predicted octanol–water partition coefficient (Wildman–Crippen LogP) is 0.590. The molecule has 1 aromatic rings. The van der Waals surface area contributed by atoms with Crippen LogP contribution in [0.2, 0.25) is 5.15 Å². The second-order valence-electron chi connectivity index (χ2n) is 2.96. The summed E-state index contributed by atoms with van der Waals surface area (Å²) in [5, 5.41) is 2.86. The van der Waals surface area contributed by atoms with E-state index < -0.39 is 0 Å². The van der Waals surface area contributed by atoms with Gasteiger partial charge in [-0.25, -0.2) is 9.97 Å². The van der Waals surface area contributed by atoms with Gasteiger partial charge in [-0.15, -0.1) is 0 Å². The summed E-state index contributed by atoms with van der Waals surface area (Å²) in [6, 6.07) is 0. The Balaban J connectivity index is 2.53. The number of nitrogens with one attached hydrogen (secondary N) is 1. The highest BCUT2D eigenvalue weighted by Gasteiger charge is 1.98. The molecule has 0 saturated carbocycles. The lowest BCUT2D eigenvalue weighted by Crippen LogP contribution is -2.20. The van der Waals surface area contributed by atoms with Gasteiger partial charge in [0.1, 0.15) is 5.15 Å². The molecule has 0 atom stereocenters. The lowest BCUT2D eigenvalue weighted by molar-refractivity contribution is -0.118. The average Bonchev–Trinajstić information content (AvgIpc) is 2.20. The summed E-state index contributed by atoms with van der Waals surface area (Å²) in [4.78, 5) is 18.3. The van der Waals surface area contributed by atoms with Crippen molar-refractivity contribution in [2.45, 2.75) is 13.3 Å². The third-order valence-corrected chi connectivity index (χ3v) is 1.78. The van der Waals surface area contributed by atoms with E-state index >= 15 is 0 Å². The number of nitrogens with zero attached hydrogens (tertiary/aromatic N) is 2. The van der Waals surface area contributed by atoms with Gasteiger partial charge in [0.25, 0.3) is 0 Å². The summed E-state index contributed by atoms with van der Waals surface area (Å²) >= 11 is 5.59. The number of hydrogen-bond donors (Lipinski definition) is 2. The summed E-state index contributed by atoms with van der Waals surface area (Å²) in [6.07, 6.45) is 1.92. The Labute approximate surface area is 98.4 Å². The van der Waals surface area contributed by atoms with Crippen molar-refractivity contribution in [3.8, 4) is 11.8 Å². The van der Waals surface area contributed by atoms with Crippen LogP contribution in [0.15, 0.2) is 6.20 Å². The zero-order chi connectivity index (χ0) is 12.0. The van der Waals surface area contributed by atoms with E-state index in [-0.39, 0.29) is 16.9 Å². The number of rotatable bonds is 2. The summed E-state index contributed by atoms with van der Waals surface area (Å²) in [5.74, 6) is 5.71. The molecule has 5 nitrogen and oxygen atoms in total. The van der Waals surface area contributed by atoms with Gasteiger partial charge in [-0.2, -0.15) is 0 Å². The fourth-order valence-corrected chi connectivity index (χ4v) is 1.06. The molecule has 1 rings (SSSR count). The summed E-state index contributed by atoms with van der Waals surface area (Å²) in [7, 11) is 0. The van der Waals surface area contributed by atoms with E-state index in [2.05, 4.69) is 27.1 Å². The zero-order valence-electron chi connectivity index (χ0n) is 8.75. The molecule has 84 valence electrons. The highest BCUT2D eigenvalue weighted by Crippen LogP contribution is 2.08. The SMILES string of the molecule is CC(=O)NCCC#Cc1ncc(Cl)nc1N. The second kappa shape index (κ2) is 5.93. The molecule has 0 radical (unpaired) electrons. The van der Waals surface area contributed by atoms with Gasteiger partial charge in [-0.1, -0.05) is 17.5 Å². The van der Waals surface area contributed by atoms with Crippen LogP contribution in [-0.2, 0) is 4.79 Å². The van der Waals surface area contributed by atoms with Gasteiger partial charge < -0.3 is 11.1 Å². The van der Waals surface area contributed by atoms with E-state index in [1.54, 1.807) is 0 Å². The van der Waals surface area contributed by atoms with Crippen molar-refractivity contribution in [1.29, 1.82) is 0 Å². The first kappa shape index (κ1) is 12.3. The van der Waals surface area contributed by atoms with Crippen LogP contribution in [0.25, 0.3) is 0 Å². The fraction of sp³-hybridized carbons (Fsp3) is 0.300. The minimum atomic E-state index is -0.0763. The van der Waals surface area contributed by atoms with Crippen molar-refractivity contribution in [3.63, 3.8) is 0 Å². The molecule has 0 bridgehead atoms. The number of halogens is 1. The molecular formula is C10H11ClN4O. The first-order chi connectivity index (χ1) is 7.59. The van der Waals surface area contributed by atoms with Gasteiger partial charge in [0.15, 0.2) is 11.5 Å². The largest absolute Gasteiger partial charge is 0.381 e. The minimum Gasteiger partial charge on any atom is -0.381 e. The van der Waals surface area contributed by atoms with Gasteiger partial charge in [-0.3, -0.25) is 4.79 Å². The molecule has 1 aromatic heterocycles. The lowest BCUT2D eigenvalue weighted by atomic mass is 10.3. The van der Waals surface area contributed by atoms with Crippen LogP contribution in [0, 0.1) is 11.8 Å². The number of anilines is 1. The Morgan fingerprint density at radius 1 is 1.69 bits per heavy atom. The predicted molar refractivity (Wildman–Crippen MR) is 61.6 cm³/mol. The number of nitrogens with two attached hydrogens (primary N) is 1. The normalized spacial score (nSPS) is 9.12. The highest BCUT2D eigenvalue weighted by atomic mass is 35.5. The molecule has 0 unspecified atom stereocenters. The molecule has 0 aromatic carbocycles. The molecule has 0 aliphatic carbocycles. The Morgan fingerprint density at radius 2 is 2.44 bits per heavy atom. The molecule has 0 saturated heterocycles. The van der Waals surface area contributed by atoms with Gasteiger partial charge in [0.05, 0.1) is 6.20 Å². The molecule has 0 aliphatic rings. The van der Waals surface area contributed by atoms with Gasteiger partial charge >= 0.3 is 0 Å². The van der Waals surface area contributed by atoms with Gasteiger partial charge in [-0.05, 0) is 5.92 Å². The molecule has 16 heavy (non-hydrogen) atoms. The second-order valence-corrected chi connectivity index (χ2v) is 3.35. The third-order valence-electron chi connectivity index (χ3n) is 1.60. The maximum absolute atomic E-state index is 10.6. The summed E-state index contributed by atoms with van der Waals surface area (Å²) < 4.78 is 0. The van der Waals surface area contributed by atoms with Crippen LogP contribution in [0.1, 0.15) is 19.0 Å². The molecule has 0 fully saturated rings. The van der Waals surface area contributed by atoms with Crippen LogP contribution >= 0.6 is 11.6 Å². The van der Waals surface area contributed by atoms with Crippen LogP contribution in [0.5, 0.6) is 0 Å². The van der Waals surface area contributed by atoms with Crippen LogP contribution < -0.4 is 11.1 Å². The average molecular weight is 239 g/mol. The minimum absolute atomic E-state index is 0.0763. The Bertz CT molecular complexity index is 450. The van der Waals surface area contributed by atoms with E-state index in [1.165, 1.54) is 13.1 Å². The number of carbonyl (C=O) groups excluding carboxylic acids is 1. The summed E-state index contributed by atoms with van der Waals surface area (Å²) in [6.45, 7) is 1.96. The van der Waals surface area contributed by atoms with E-state index in [4.69, 9.17) is 17.3 Å². The van der Waals surface area contributed by atoms with Crippen LogP contribution in [0.3, 0.4) is 0 Å². The van der Waals surface area contributed by atoms with E-state index in [0.29, 0.717) is 18.7 Å². The fourth-order valence-electron chi connectivity index (χ4n) is 0.924. The smallest absolute Gasteiger partial charge is 0.216 e. The van der Waals surface area contributed by atoms with Crippen molar-refractivity contribution >= 4 is 23.3 Å². The Morgan fingerprint density at radius 3 is 3.06 bits per heavy atom. The maximum Gasteiger partial charge on any atom is 0.216 e. The van der Waals surface area contributed by atoms with Crippen molar-refractivity contribution in [1.82, 2.24) is 15.3 Å². The number of hydrogen-bond acceptors (Lipinski definition) is 4. The first-order valence-electron chi connectivity index (χ1n) is 4.61. The first-order valence-corrected chi connectivity index (χ1v) is 4.98. The molecule has 6 heteroatoms. The standard InChI is InChI=1S/C10H11ClN4O/c1-7(16)13-5-3-2-4-8-10(12)15-9(11)6-14-8/h6H,3,5H2,1H3,(H2,12,15)(H,13,16). The maximum atomic E-state index is 10.6. The van der Waals surface area contributed by atoms with E-state index in [9.17, 15) is 4.79 Å². The van der Waals surface area contributed by atoms with Gasteiger partial charge in [0, 0.05) is 19.9 Å². The lowest BCUT2D eigenvalue weighted by Gasteiger charge is -1.96. The topological polar surface area (TPSA) is 80.9 Å². The molecule has 3 N–H and O–H groups in total. The number of nitrogen functional groups attached to an aromatic ring is 1. The molecule has 1 amide bonds. The van der Waals surface area contributed by atoms with Crippen LogP contribution in [-0.4, -0.2) is 22.4 Å².